The molecule has 1 unspecified atom stereocenters. The number of carbonyl (C=O) groups is 1. The van der Waals surface area contributed by atoms with Crippen LogP contribution in [0, 0.1) is 22.2 Å². The van der Waals surface area contributed by atoms with Crippen molar-refractivity contribution in [3.63, 3.8) is 0 Å². The maximum atomic E-state index is 11.2. The molecule has 2 heteroatoms. The molecule has 0 aromatic rings. The van der Waals surface area contributed by atoms with Crippen LogP contribution < -0.4 is 5.73 Å². The SMILES string of the molecule is CC.CC.CC.CC(=O)C(N)CC1CCC2(CC1)C(C)(C)C2(C)C. The number of hydrogen-bond acceptors (Lipinski definition) is 2. The average Bonchev–Trinajstić information content (AvgIpc) is 2.92. The molecule has 2 aliphatic rings. The van der Waals surface area contributed by atoms with Crippen molar-refractivity contribution in [2.75, 3.05) is 0 Å². The summed E-state index contributed by atoms with van der Waals surface area (Å²) < 4.78 is 0. The van der Waals surface area contributed by atoms with Gasteiger partial charge in [0.2, 0.25) is 0 Å². The molecule has 0 aromatic heterocycles. The van der Waals surface area contributed by atoms with Gasteiger partial charge in [-0.25, -0.2) is 0 Å². The summed E-state index contributed by atoms with van der Waals surface area (Å²) >= 11 is 0. The molecule has 2 nitrogen and oxygen atoms in total. The van der Waals surface area contributed by atoms with E-state index in [0.717, 1.165) is 6.42 Å². The first-order valence-corrected chi connectivity index (χ1v) is 10.4. The van der Waals surface area contributed by atoms with E-state index in [-0.39, 0.29) is 11.8 Å². The van der Waals surface area contributed by atoms with E-state index in [1.54, 1.807) is 6.92 Å². The zero-order chi connectivity index (χ0) is 19.8. The van der Waals surface area contributed by atoms with E-state index in [2.05, 4.69) is 27.7 Å². The molecule has 146 valence electrons. The molecule has 1 atom stereocenters. The van der Waals surface area contributed by atoms with Gasteiger partial charge in [-0.3, -0.25) is 4.79 Å². The highest BCUT2D eigenvalue weighted by molar-refractivity contribution is 5.81. The van der Waals surface area contributed by atoms with Crippen LogP contribution in [0.15, 0.2) is 0 Å². The summed E-state index contributed by atoms with van der Waals surface area (Å²) in [5.74, 6) is 0.809. The summed E-state index contributed by atoms with van der Waals surface area (Å²) in [4.78, 5) is 11.2. The molecule has 0 aliphatic heterocycles. The highest BCUT2D eigenvalue weighted by atomic mass is 16.1. The minimum absolute atomic E-state index is 0.141. The Morgan fingerprint density at radius 1 is 0.917 bits per heavy atom. The Bertz CT molecular complexity index is 333. The summed E-state index contributed by atoms with van der Waals surface area (Å²) in [5.41, 5.74) is 7.40. The zero-order valence-corrected chi connectivity index (χ0v) is 18.7. The van der Waals surface area contributed by atoms with E-state index in [1.807, 2.05) is 41.5 Å². The Kier molecular flexibility index (Phi) is 11.4. The zero-order valence-electron chi connectivity index (χ0n) is 18.7. The van der Waals surface area contributed by atoms with Gasteiger partial charge in [0.05, 0.1) is 6.04 Å². The largest absolute Gasteiger partial charge is 0.322 e. The van der Waals surface area contributed by atoms with Gasteiger partial charge in [-0.05, 0) is 61.2 Å². The van der Waals surface area contributed by atoms with Crippen molar-refractivity contribution in [3.8, 4) is 0 Å². The molecule has 1 spiro atoms. The van der Waals surface area contributed by atoms with Gasteiger partial charge in [0.15, 0.2) is 0 Å². The molecule has 0 amide bonds. The van der Waals surface area contributed by atoms with Crippen LogP contribution in [-0.4, -0.2) is 11.8 Å². The Hall–Kier alpha value is -0.370. The van der Waals surface area contributed by atoms with Crippen molar-refractivity contribution in [2.24, 2.45) is 27.9 Å². The van der Waals surface area contributed by atoms with Crippen LogP contribution >= 0.6 is 0 Å². The summed E-state index contributed by atoms with van der Waals surface area (Å²) in [6.45, 7) is 23.3. The van der Waals surface area contributed by atoms with Gasteiger partial charge in [0.1, 0.15) is 5.78 Å². The summed E-state index contributed by atoms with van der Waals surface area (Å²) in [5, 5.41) is 0. The maximum absolute atomic E-state index is 11.2. The van der Waals surface area contributed by atoms with Crippen molar-refractivity contribution < 1.29 is 4.79 Å². The quantitative estimate of drug-likeness (QED) is 0.627. The van der Waals surface area contributed by atoms with Gasteiger partial charge in [0.25, 0.3) is 0 Å². The third-order valence-electron chi connectivity index (χ3n) is 6.96. The fourth-order valence-electron chi connectivity index (χ4n) is 4.73. The van der Waals surface area contributed by atoms with Crippen molar-refractivity contribution in [3.05, 3.63) is 0 Å². The van der Waals surface area contributed by atoms with Crippen LogP contribution in [0.2, 0.25) is 0 Å². The standard InChI is InChI=1S/C16H29NO.3C2H6/c1-11(18)13(17)10-12-6-8-16(9-7-12)14(2,3)15(16,4)5;3*1-2/h12-13H,6-10,17H2,1-5H3;3*1-2H3. The van der Waals surface area contributed by atoms with E-state index < -0.39 is 0 Å². The minimum atomic E-state index is -0.232. The van der Waals surface area contributed by atoms with Crippen LogP contribution in [0.1, 0.15) is 108 Å². The Morgan fingerprint density at radius 3 is 1.50 bits per heavy atom. The Labute approximate surface area is 153 Å². The van der Waals surface area contributed by atoms with Gasteiger partial charge in [-0.1, -0.05) is 69.2 Å². The van der Waals surface area contributed by atoms with Crippen molar-refractivity contribution in [2.45, 2.75) is 114 Å². The smallest absolute Gasteiger partial charge is 0.146 e. The molecule has 2 fully saturated rings. The molecule has 2 aliphatic carbocycles. The molecule has 24 heavy (non-hydrogen) atoms. The monoisotopic (exact) mass is 341 g/mol. The molecule has 0 aromatic carbocycles. The molecular formula is C22H47NO. The predicted octanol–water partition coefficient (Wildman–Crippen LogP) is 6.61. The molecule has 0 bridgehead atoms. The van der Waals surface area contributed by atoms with E-state index >= 15 is 0 Å². The van der Waals surface area contributed by atoms with Gasteiger partial charge in [-0.2, -0.15) is 0 Å². The van der Waals surface area contributed by atoms with Crippen LogP contribution in [0.4, 0.5) is 0 Å². The lowest BCUT2D eigenvalue weighted by molar-refractivity contribution is -0.118. The van der Waals surface area contributed by atoms with Crippen LogP contribution in [0.3, 0.4) is 0 Å². The number of ketones is 1. The number of rotatable bonds is 3. The molecule has 0 heterocycles. The number of hydrogen-bond donors (Lipinski definition) is 1. The van der Waals surface area contributed by atoms with E-state index in [9.17, 15) is 4.79 Å². The normalized spacial score (nSPS) is 23.3. The van der Waals surface area contributed by atoms with Gasteiger partial charge >= 0.3 is 0 Å². The van der Waals surface area contributed by atoms with Gasteiger partial charge in [0, 0.05) is 0 Å². The second kappa shape index (κ2) is 10.6. The van der Waals surface area contributed by atoms with Gasteiger partial charge < -0.3 is 5.73 Å². The topological polar surface area (TPSA) is 43.1 Å². The summed E-state index contributed by atoms with van der Waals surface area (Å²) in [7, 11) is 0. The minimum Gasteiger partial charge on any atom is -0.322 e. The second-order valence-corrected chi connectivity index (χ2v) is 7.73. The third-order valence-corrected chi connectivity index (χ3v) is 6.96. The third kappa shape index (κ3) is 4.62. The average molecular weight is 342 g/mol. The lowest BCUT2D eigenvalue weighted by Crippen LogP contribution is -2.32. The van der Waals surface area contributed by atoms with E-state index in [0.29, 0.717) is 22.2 Å². The molecule has 2 rings (SSSR count). The molecule has 2 saturated carbocycles. The first-order valence-electron chi connectivity index (χ1n) is 10.4. The predicted molar refractivity (Wildman–Crippen MR) is 109 cm³/mol. The molecule has 0 saturated heterocycles. The fourth-order valence-corrected chi connectivity index (χ4v) is 4.73. The van der Waals surface area contributed by atoms with E-state index in [4.69, 9.17) is 5.73 Å². The Morgan fingerprint density at radius 2 is 1.25 bits per heavy atom. The summed E-state index contributed by atoms with van der Waals surface area (Å²) in [6, 6.07) is -0.232. The molecule has 0 radical (unpaired) electrons. The van der Waals surface area contributed by atoms with E-state index in [1.165, 1.54) is 25.7 Å². The number of carbonyl (C=O) groups excluding carboxylic acids is 1. The number of Topliss-reactive ketones (excluding diaryl/α,β-unsaturated/α-hetero) is 1. The first kappa shape index (κ1) is 25.9. The Balaban J connectivity index is 0. The van der Waals surface area contributed by atoms with Crippen LogP contribution in [-0.2, 0) is 4.79 Å². The second-order valence-electron chi connectivity index (χ2n) is 7.73. The van der Waals surface area contributed by atoms with Crippen LogP contribution in [0.5, 0.6) is 0 Å². The molecular weight excluding hydrogens is 294 g/mol. The highest BCUT2D eigenvalue weighted by Gasteiger charge is 2.75. The lowest BCUT2D eigenvalue weighted by Gasteiger charge is -2.33. The number of nitrogens with two attached hydrogens (primary N) is 1. The highest BCUT2D eigenvalue weighted by Crippen LogP contribution is 2.82. The van der Waals surface area contributed by atoms with Crippen LogP contribution in [0.25, 0.3) is 0 Å². The summed E-state index contributed by atoms with van der Waals surface area (Å²) in [6.07, 6.45) is 6.05. The molecule has 2 N–H and O–H groups in total. The maximum Gasteiger partial charge on any atom is 0.146 e. The fraction of sp³-hybridized carbons (Fsp3) is 0.955. The first-order chi connectivity index (χ1) is 11.2. The van der Waals surface area contributed by atoms with Gasteiger partial charge in [-0.15, -0.1) is 0 Å². The van der Waals surface area contributed by atoms with Crippen molar-refractivity contribution in [1.29, 1.82) is 0 Å². The van der Waals surface area contributed by atoms with Crippen molar-refractivity contribution >= 4 is 5.78 Å². The lowest BCUT2D eigenvalue weighted by atomic mass is 9.72. The van der Waals surface area contributed by atoms with Crippen molar-refractivity contribution in [1.82, 2.24) is 0 Å².